The van der Waals surface area contributed by atoms with Crippen LogP contribution in [0.4, 0.5) is 0 Å². The van der Waals surface area contributed by atoms with Gasteiger partial charge < -0.3 is 19.9 Å². The maximum Gasteiger partial charge on any atom is 0.272 e. The van der Waals surface area contributed by atoms with Crippen molar-refractivity contribution in [3.8, 4) is 11.5 Å². The van der Waals surface area contributed by atoms with Crippen LogP contribution in [0.15, 0.2) is 17.1 Å². The number of benzene rings is 1. The van der Waals surface area contributed by atoms with Crippen LogP contribution in [0.25, 0.3) is 5.65 Å². The number of aliphatic hydroxyl groups is 1. The molecule has 0 aliphatic rings. The van der Waals surface area contributed by atoms with E-state index in [9.17, 15) is 9.59 Å². The van der Waals surface area contributed by atoms with Crippen molar-refractivity contribution in [2.45, 2.75) is 59.9 Å². The summed E-state index contributed by atoms with van der Waals surface area (Å²) >= 11 is 0. The maximum atomic E-state index is 13.6. The first-order valence-corrected chi connectivity index (χ1v) is 12.7. The molecule has 0 aliphatic carbocycles. The molecular formula is C27H38N6O5. The number of fused-ring (bicyclic) bond motifs is 1. The molecule has 2 heterocycles. The Morgan fingerprint density at radius 2 is 1.87 bits per heavy atom. The van der Waals surface area contributed by atoms with E-state index in [1.807, 2.05) is 47.6 Å². The first-order valence-electron chi connectivity index (χ1n) is 12.7. The summed E-state index contributed by atoms with van der Waals surface area (Å²) in [5, 5.41) is 21.1. The minimum absolute atomic E-state index is 0.00434. The van der Waals surface area contributed by atoms with Crippen LogP contribution >= 0.6 is 0 Å². The lowest BCUT2D eigenvalue weighted by Crippen LogP contribution is -2.30. The number of carbonyl (C=O) groups excluding carboxylic acids is 2. The topological polar surface area (TPSA) is 132 Å². The Hall–Kier alpha value is -3.73. The zero-order chi connectivity index (χ0) is 28.2. The fourth-order valence-corrected chi connectivity index (χ4v) is 4.14. The van der Waals surface area contributed by atoms with Crippen molar-refractivity contribution >= 4 is 17.3 Å². The number of ketones is 1. The fourth-order valence-electron chi connectivity index (χ4n) is 4.14. The Kier molecular flexibility index (Phi) is 8.93. The quantitative estimate of drug-likeness (QED) is 0.306. The molecule has 0 saturated heterocycles. The number of carbonyl (C=O) groups is 2. The zero-order valence-electron chi connectivity index (χ0n) is 23.5. The number of nitrogens with one attached hydrogen (secondary N) is 1. The molecule has 0 radical (unpaired) electrons. The highest BCUT2D eigenvalue weighted by Gasteiger charge is 2.26. The summed E-state index contributed by atoms with van der Waals surface area (Å²) in [6.07, 6.45) is 0.453. The summed E-state index contributed by atoms with van der Waals surface area (Å²) < 4.78 is 14.5. The number of rotatable bonds is 10. The van der Waals surface area contributed by atoms with Crippen molar-refractivity contribution in [3.05, 3.63) is 45.7 Å². The summed E-state index contributed by atoms with van der Waals surface area (Å²) in [4.78, 5) is 30.5. The molecule has 0 fully saturated rings. The molecule has 0 bridgehead atoms. The Morgan fingerprint density at radius 1 is 1.16 bits per heavy atom. The van der Waals surface area contributed by atoms with Gasteiger partial charge in [-0.05, 0) is 43.9 Å². The van der Waals surface area contributed by atoms with E-state index in [0.29, 0.717) is 46.9 Å². The first-order chi connectivity index (χ1) is 18.0. The molecule has 38 heavy (non-hydrogen) atoms. The molecule has 3 rings (SSSR count). The monoisotopic (exact) mass is 526 g/mol. The molecule has 3 aromatic rings. The van der Waals surface area contributed by atoms with E-state index in [1.54, 1.807) is 20.2 Å². The smallest absolute Gasteiger partial charge is 0.272 e. The van der Waals surface area contributed by atoms with E-state index in [2.05, 4.69) is 20.5 Å². The Labute approximate surface area is 222 Å². The van der Waals surface area contributed by atoms with Crippen molar-refractivity contribution < 1.29 is 24.2 Å². The summed E-state index contributed by atoms with van der Waals surface area (Å²) in [5.74, 6) is 0.512. The van der Waals surface area contributed by atoms with Crippen molar-refractivity contribution in [2.24, 2.45) is 4.99 Å². The number of Topliss-reactive ketones (excluding diaryl/α,β-unsaturated/α-hetero) is 1. The Bertz CT molecular complexity index is 1410. The van der Waals surface area contributed by atoms with E-state index in [-0.39, 0.29) is 42.6 Å². The van der Waals surface area contributed by atoms with Gasteiger partial charge in [0.05, 0.1) is 13.7 Å². The number of methoxy groups -OCH3 is 1. The predicted molar refractivity (Wildman–Crippen MR) is 143 cm³/mol. The van der Waals surface area contributed by atoms with Gasteiger partial charge in [0.15, 0.2) is 28.6 Å². The molecule has 0 spiro atoms. The lowest BCUT2D eigenvalue weighted by molar-refractivity contribution is 0.0944. The lowest BCUT2D eigenvalue weighted by atomic mass is 9.84. The molecule has 11 heteroatoms. The molecule has 1 amide bonds. The number of aryl methyl sites for hydroxylation is 1. The molecule has 206 valence electrons. The largest absolute Gasteiger partial charge is 0.493 e. The second-order valence-corrected chi connectivity index (χ2v) is 10.0. The van der Waals surface area contributed by atoms with E-state index in [1.165, 1.54) is 9.20 Å². The van der Waals surface area contributed by atoms with Gasteiger partial charge in [-0.3, -0.25) is 14.6 Å². The van der Waals surface area contributed by atoms with Gasteiger partial charge >= 0.3 is 0 Å². The maximum absolute atomic E-state index is 13.6. The standard InChI is InChI=1S/C27H38N6O5/c1-9-29-25(36)22-16(2)17(3)24-31-32(26(28-7)33(24)30-22)15-20(35)18-13-19(27(4,5)6)23(37-8)21(14-18)38-12-10-11-34/h13-14,34H,9-12,15H2,1-8H3,(H,29,36). The molecular weight excluding hydrogens is 488 g/mol. The van der Waals surface area contributed by atoms with E-state index in [0.717, 1.165) is 11.1 Å². The number of aliphatic hydroxyl groups excluding tert-OH is 1. The molecule has 2 N–H and O–H groups in total. The second-order valence-electron chi connectivity index (χ2n) is 10.0. The van der Waals surface area contributed by atoms with Crippen LogP contribution in [0.3, 0.4) is 0 Å². The van der Waals surface area contributed by atoms with Gasteiger partial charge in [0.25, 0.3) is 5.91 Å². The van der Waals surface area contributed by atoms with E-state index >= 15 is 0 Å². The van der Waals surface area contributed by atoms with Gasteiger partial charge in [0.1, 0.15) is 6.54 Å². The Morgan fingerprint density at radius 3 is 2.45 bits per heavy atom. The molecule has 0 atom stereocenters. The third-order valence-corrected chi connectivity index (χ3v) is 6.28. The highest BCUT2D eigenvalue weighted by Crippen LogP contribution is 2.40. The van der Waals surface area contributed by atoms with Gasteiger partial charge in [-0.15, -0.1) is 5.10 Å². The molecule has 11 nitrogen and oxygen atoms in total. The van der Waals surface area contributed by atoms with Gasteiger partial charge in [-0.25, -0.2) is 4.68 Å². The number of nitrogens with zero attached hydrogens (tertiary/aromatic N) is 5. The molecule has 2 aromatic heterocycles. The molecule has 0 unspecified atom stereocenters. The average molecular weight is 527 g/mol. The second kappa shape index (κ2) is 11.8. The summed E-state index contributed by atoms with van der Waals surface area (Å²) in [7, 11) is 3.16. The van der Waals surface area contributed by atoms with E-state index in [4.69, 9.17) is 14.6 Å². The number of aromatic nitrogens is 4. The minimum Gasteiger partial charge on any atom is -0.493 e. The highest BCUT2D eigenvalue weighted by atomic mass is 16.5. The molecule has 1 aromatic carbocycles. The van der Waals surface area contributed by atoms with Gasteiger partial charge in [-0.2, -0.15) is 9.61 Å². The van der Waals surface area contributed by atoms with Crippen LogP contribution in [-0.2, 0) is 12.0 Å². The van der Waals surface area contributed by atoms with Crippen LogP contribution < -0.4 is 20.4 Å². The van der Waals surface area contributed by atoms with E-state index < -0.39 is 0 Å². The van der Waals surface area contributed by atoms with Crippen molar-refractivity contribution in [2.75, 3.05) is 33.9 Å². The van der Waals surface area contributed by atoms with Gasteiger partial charge in [-0.1, -0.05) is 20.8 Å². The SMILES string of the molecule is CCNC(=O)c1nn2c(=NC)n(CC(=O)c3cc(OCCCO)c(OC)c(C(C)(C)C)c3)nc2c(C)c1C. The number of hydrogen-bond acceptors (Lipinski definition) is 8. The normalized spacial score (nSPS) is 12.2. The van der Waals surface area contributed by atoms with Crippen molar-refractivity contribution in [3.63, 3.8) is 0 Å². The predicted octanol–water partition coefficient (Wildman–Crippen LogP) is 2.38. The van der Waals surface area contributed by atoms with Crippen LogP contribution in [0.1, 0.15) is 71.7 Å². The van der Waals surface area contributed by atoms with Gasteiger partial charge in [0, 0.05) is 43.3 Å². The third kappa shape index (κ3) is 5.72. The lowest BCUT2D eigenvalue weighted by Gasteiger charge is -2.25. The summed E-state index contributed by atoms with van der Waals surface area (Å²) in [6, 6.07) is 3.48. The van der Waals surface area contributed by atoms with Crippen molar-refractivity contribution in [1.82, 2.24) is 24.7 Å². The first kappa shape index (κ1) is 28.8. The number of ether oxygens (including phenoxy) is 2. The summed E-state index contributed by atoms with van der Waals surface area (Å²) in [6.45, 7) is 12.3. The molecule has 0 aliphatic heterocycles. The Balaban J connectivity index is 2.10. The summed E-state index contributed by atoms with van der Waals surface area (Å²) in [5.41, 5.74) is 3.56. The van der Waals surface area contributed by atoms with Gasteiger partial charge in [0.2, 0.25) is 5.62 Å². The van der Waals surface area contributed by atoms with Crippen LogP contribution in [0.5, 0.6) is 11.5 Å². The number of hydrogen-bond donors (Lipinski definition) is 2. The average Bonchev–Trinajstić information content (AvgIpc) is 3.22. The van der Waals surface area contributed by atoms with Crippen LogP contribution in [0, 0.1) is 13.8 Å². The van der Waals surface area contributed by atoms with Crippen molar-refractivity contribution in [1.29, 1.82) is 0 Å². The fraction of sp³-hybridized carbons (Fsp3) is 0.519. The molecule has 0 saturated carbocycles. The van der Waals surface area contributed by atoms with Crippen LogP contribution in [-0.4, -0.2) is 70.1 Å². The zero-order valence-corrected chi connectivity index (χ0v) is 23.5. The minimum atomic E-state index is -0.328. The van der Waals surface area contributed by atoms with Crippen LogP contribution in [0.2, 0.25) is 0 Å². The third-order valence-electron chi connectivity index (χ3n) is 6.28. The highest BCUT2D eigenvalue weighted by molar-refractivity contribution is 5.97. The number of amides is 1.